The molecule has 10 nitrogen and oxygen atoms in total. The quantitative estimate of drug-likeness (QED) is 0.467. The summed E-state index contributed by atoms with van der Waals surface area (Å²) in [5.41, 5.74) is 3.18. The standard InChI is InChI=1S/C21H21ClN8O2/c1-13-19(22)14(2)30(25-13)12-29-10-8-18(27-29)21(32)24-16-6-4-5-15(11-16)23-20(31)17-7-9-28(3)26-17/h4-11H,12H2,1-3H3,(H,23,31)(H,24,32). The zero-order chi connectivity index (χ0) is 22.8. The molecule has 2 N–H and O–H groups in total. The van der Waals surface area contributed by atoms with Crippen LogP contribution >= 0.6 is 11.6 Å². The van der Waals surface area contributed by atoms with Gasteiger partial charge in [0.05, 0.1) is 16.4 Å². The van der Waals surface area contributed by atoms with Crippen LogP contribution in [0.4, 0.5) is 11.4 Å². The Kier molecular flexibility index (Phi) is 5.78. The molecule has 4 rings (SSSR count). The van der Waals surface area contributed by atoms with Gasteiger partial charge < -0.3 is 10.6 Å². The van der Waals surface area contributed by atoms with Gasteiger partial charge in [-0.15, -0.1) is 0 Å². The van der Waals surface area contributed by atoms with Crippen molar-refractivity contribution in [2.24, 2.45) is 7.05 Å². The molecule has 4 aromatic rings. The molecule has 0 radical (unpaired) electrons. The number of nitrogens with zero attached hydrogens (tertiary/aromatic N) is 6. The van der Waals surface area contributed by atoms with E-state index in [-0.39, 0.29) is 17.5 Å². The van der Waals surface area contributed by atoms with E-state index in [9.17, 15) is 9.59 Å². The maximum atomic E-state index is 12.6. The van der Waals surface area contributed by atoms with Crippen LogP contribution in [-0.2, 0) is 13.7 Å². The first-order valence-electron chi connectivity index (χ1n) is 9.75. The van der Waals surface area contributed by atoms with Crippen molar-refractivity contribution < 1.29 is 9.59 Å². The third-order valence-corrected chi connectivity index (χ3v) is 5.32. The minimum Gasteiger partial charge on any atom is -0.321 e. The van der Waals surface area contributed by atoms with Crippen molar-refractivity contribution in [1.29, 1.82) is 0 Å². The van der Waals surface area contributed by atoms with Crippen molar-refractivity contribution in [3.63, 3.8) is 0 Å². The number of halogens is 1. The lowest BCUT2D eigenvalue weighted by Crippen LogP contribution is -2.16. The molecule has 3 aromatic heterocycles. The number of rotatable bonds is 6. The second kappa shape index (κ2) is 8.67. The van der Waals surface area contributed by atoms with Gasteiger partial charge in [0, 0.05) is 30.8 Å². The van der Waals surface area contributed by atoms with Gasteiger partial charge in [-0.1, -0.05) is 17.7 Å². The third kappa shape index (κ3) is 4.54. The van der Waals surface area contributed by atoms with E-state index in [1.807, 2.05) is 13.8 Å². The average Bonchev–Trinajstić information content (AvgIpc) is 3.46. The van der Waals surface area contributed by atoms with Crippen molar-refractivity contribution in [3.05, 3.63) is 76.6 Å². The van der Waals surface area contributed by atoms with E-state index in [1.54, 1.807) is 69.9 Å². The highest BCUT2D eigenvalue weighted by molar-refractivity contribution is 6.31. The number of carbonyl (C=O) groups is 2. The number of hydrogen-bond donors (Lipinski definition) is 2. The molecule has 0 aliphatic rings. The van der Waals surface area contributed by atoms with Gasteiger partial charge in [0.2, 0.25) is 0 Å². The Morgan fingerprint density at radius 1 is 0.938 bits per heavy atom. The fourth-order valence-electron chi connectivity index (χ4n) is 3.11. The van der Waals surface area contributed by atoms with Gasteiger partial charge in [-0.2, -0.15) is 15.3 Å². The lowest BCUT2D eigenvalue weighted by molar-refractivity contribution is 0.101. The molecule has 0 saturated carbocycles. The number of hydrogen-bond acceptors (Lipinski definition) is 5. The molecular weight excluding hydrogens is 432 g/mol. The summed E-state index contributed by atoms with van der Waals surface area (Å²) >= 11 is 6.18. The fourth-order valence-corrected chi connectivity index (χ4v) is 3.25. The average molecular weight is 453 g/mol. The van der Waals surface area contributed by atoms with Crippen LogP contribution in [-0.4, -0.2) is 41.2 Å². The minimum atomic E-state index is -0.372. The molecule has 0 fully saturated rings. The molecule has 11 heteroatoms. The molecule has 164 valence electrons. The summed E-state index contributed by atoms with van der Waals surface area (Å²) in [4.78, 5) is 24.9. The van der Waals surface area contributed by atoms with Gasteiger partial charge in [-0.05, 0) is 44.2 Å². The van der Waals surface area contributed by atoms with Gasteiger partial charge in [0.15, 0.2) is 11.4 Å². The SMILES string of the molecule is Cc1nn(Cn2ccc(C(=O)Nc3cccc(NC(=O)c4ccn(C)n4)c3)n2)c(C)c1Cl. The van der Waals surface area contributed by atoms with Crippen molar-refractivity contribution in [2.75, 3.05) is 10.6 Å². The Morgan fingerprint density at radius 2 is 1.56 bits per heavy atom. The molecule has 0 unspecified atom stereocenters. The van der Waals surface area contributed by atoms with Crippen LogP contribution in [0.3, 0.4) is 0 Å². The molecule has 2 amide bonds. The van der Waals surface area contributed by atoms with Gasteiger partial charge in [0.1, 0.15) is 6.67 Å². The van der Waals surface area contributed by atoms with Crippen molar-refractivity contribution in [3.8, 4) is 0 Å². The van der Waals surface area contributed by atoms with Crippen LogP contribution < -0.4 is 10.6 Å². The number of benzene rings is 1. The number of nitrogens with one attached hydrogen (secondary N) is 2. The normalized spacial score (nSPS) is 10.9. The molecule has 0 atom stereocenters. The summed E-state index contributed by atoms with van der Waals surface area (Å²) in [7, 11) is 1.74. The fraction of sp³-hybridized carbons (Fsp3) is 0.190. The van der Waals surface area contributed by atoms with Crippen LogP contribution in [0.2, 0.25) is 5.02 Å². The van der Waals surface area contributed by atoms with Crippen LogP contribution in [0, 0.1) is 13.8 Å². The first-order chi connectivity index (χ1) is 15.3. The summed E-state index contributed by atoms with van der Waals surface area (Å²) in [5, 5.41) is 18.9. The number of aryl methyl sites for hydroxylation is 2. The highest BCUT2D eigenvalue weighted by Gasteiger charge is 2.14. The van der Waals surface area contributed by atoms with E-state index in [2.05, 4.69) is 25.9 Å². The van der Waals surface area contributed by atoms with E-state index < -0.39 is 0 Å². The summed E-state index contributed by atoms with van der Waals surface area (Å²) in [6.07, 6.45) is 3.39. The van der Waals surface area contributed by atoms with Crippen LogP contribution in [0.5, 0.6) is 0 Å². The van der Waals surface area contributed by atoms with Gasteiger partial charge in [0.25, 0.3) is 11.8 Å². The number of carbonyl (C=O) groups excluding carboxylic acids is 2. The lowest BCUT2D eigenvalue weighted by atomic mass is 10.2. The summed E-state index contributed by atoms with van der Waals surface area (Å²) in [6.45, 7) is 4.04. The topological polar surface area (TPSA) is 112 Å². The van der Waals surface area contributed by atoms with E-state index in [1.165, 1.54) is 0 Å². The van der Waals surface area contributed by atoms with Crippen molar-refractivity contribution >= 4 is 34.8 Å². The Bertz CT molecular complexity index is 1300. The largest absolute Gasteiger partial charge is 0.321 e. The molecule has 0 aliphatic carbocycles. The molecule has 0 saturated heterocycles. The van der Waals surface area contributed by atoms with E-state index in [4.69, 9.17) is 11.6 Å². The monoisotopic (exact) mass is 452 g/mol. The van der Waals surface area contributed by atoms with E-state index >= 15 is 0 Å². The third-order valence-electron chi connectivity index (χ3n) is 4.77. The van der Waals surface area contributed by atoms with Gasteiger partial charge in [-0.3, -0.25) is 19.0 Å². The predicted molar refractivity (Wildman–Crippen MR) is 120 cm³/mol. The van der Waals surface area contributed by atoms with Crippen LogP contribution in [0.15, 0.2) is 48.8 Å². The summed E-state index contributed by atoms with van der Waals surface area (Å²) in [5.74, 6) is -0.708. The molecule has 0 spiro atoms. The minimum absolute atomic E-state index is 0.251. The molecule has 32 heavy (non-hydrogen) atoms. The molecule has 3 heterocycles. The molecule has 1 aromatic carbocycles. The molecular formula is C21H21ClN8O2. The summed E-state index contributed by atoms with van der Waals surface area (Å²) < 4.78 is 4.88. The Balaban J connectivity index is 1.41. The first kappa shape index (κ1) is 21.3. The number of aromatic nitrogens is 6. The van der Waals surface area contributed by atoms with Crippen LogP contribution in [0.25, 0.3) is 0 Å². The Hall–Kier alpha value is -3.92. The zero-order valence-corrected chi connectivity index (χ0v) is 18.5. The zero-order valence-electron chi connectivity index (χ0n) is 17.7. The van der Waals surface area contributed by atoms with E-state index in [0.29, 0.717) is 28.8 Å². The van der Waals surface area contributed by atoms with Crippen LogP contribution in [0.1, 0.15) is 32.4 Å². The lowest BCUT2D eigenvalue weighted by Gasteiger charge is -2.07. The van der Waals surface area contributed by atoms with E-state index in [0.717, 1.165) is 11.4 Å². The van der Waals surface area contributed by atoms with Gasteiger partial charge >= 0.3 is 0 Å². The second-order valence-corrected chi connectivity index (χ2v) is 7.61. The highest BCUT2D eigenvalue weighted by atomic mass is 35.5. The summed E-state index contributed by atoms with van der Waals surface area (Å²) in [6, 6.07) is 10.1. The smallest absolute Gasteiger partial charge is 0.276 e. The molecule has 0 bridgehead atoms. The maximum Gasteiger partial charge on any atom is 0.276 e. The maximum absolute atomic E-state index is 12.6. The Labute approximate surface area is 188 Å². The number of anilines is 2. The predicted octanol–water partition coefficient (Wildman–Crippen LogP) is 3.09. The number of amides is 2. The molecule has 0 aliphatic heterocycles. The first-order valence-corrected chi connectivity index (χ1v) is 10.1. The van der Waals surface area contributed by atoms with Crippen molar-refractivity contribution in [2.45, 2.75) is 20.5 Å². The highest BCUT2D eigenvalue weighted by Crippen LogP contribution is 2.19. The second-order valence-electron chi connectivity index (χ2n) is 7.23. The van der Waals surface area contributed by atoms with Gasteiger partial charge in [-0.25, -0.2) is 4.68 Å². The van der Waals surface area contributed by atoms with Crippen molar-refractivity contribution in [1.82, 2.24) is 29.3 Å². The Morgan fingerprint density at radius 3 is 2.12 bits per heavy atom.